The molecule has 1 heterocycles. The molecule has 0 fully saturated rings. The fraction of sp³-hybridized carbons (Fsp3) is 0.0667. The molecular weight excluding hydrogens is 324 g/mol. The molecule has 114 valence electrons. The Morgan fingerprint density at radius 2 is 2.09 bits per heavy atom. The number of rotatable bonds is 4. The molecule has 7 heteroatoms. The Hall–Kier alpha value is -2.31. The van der Waals surface area contributed by atoms with Crippen LogP contribution in [0.4, 0.5) is 0 Å². The topological polar surface area (TPSA) is 67.4 Å². The maximum Gasteiger partial charge on any atom is 0.273 e. The predicted molar refractivity (Wildman–Crippen MR) is 87.0 cm³/mol. The van der Waals surface area contributed by atoms with E-state index < -0.39 is 11.8 Å². The Bertz CT molecular complexity index is 699. The van der Waals surface area contributed by atoms with E-state index in [1.807, 2.05) is 17.5 Å². The Labute approximate surface area is 136 Å². The molecule has 0 atom stereocenters. The van der Waals surface area contributed by atoms with Crippen LogP contribution in [0.3, 0.4) is 0 Å². The Morgan fingerprint density at radius 1 is 1.27 bits per heavy atom. The van der Waals surface area contributed by atoms with Gasteiger partial charge in [-0.05, 0) is 35.7 Å². The molecule has 0 bridgehead atoms. The predicted octanol–water partition coefficient (Wildman–Crippen LogP) is 2.88. The fourth-order valence-corrected chi connectivity index (χ4v) is 2.42. The molecular formula is C15H13ClN2O3S. The minimum absolute atomic E-state index is 0.234. The van der Waals surface area contributed by atoms with E-state index >= 15 is 0 Å². The molecule has 0 unspecified atom stereocenters. The third kappa shape index (κ3) is 4.34. The Balaban J connectivity index is 1.95. The van der Waals surface area contributed by atoms with Crippen molar-refractivity contribution in [2.75, 3.05) is 7.11 Å². The molecule has 22 heavy (non-hydrogen) atoms. The number of methoxy groups -OCH3 is 1. The van der Waals surface area contributed by atoms with Crippen molar-refractivity contribution >= 4 is 40.8 Å². The highest BCUT2D eigenvalue weighted by atomic mass is 35.5. The zero-order chi connectivity index (χ0) is 15.9. The summed E-state index contributed by atoms with van der Waals surface area (Å²) in [5, 5.41) is 2.31. The number of hydrogen-bond acceptors (Lipinski definition) is 4. The van der Waals surface area contributed by atoms with Crippen LogP contribution in [0.5, 0.6) is 5.75 Å². The van der Waals surface area contributed by atoms with Crippen molar-refractivity contribution in [3.8, 4) is 5.75 Å². The minimum atomic E-state index is -0.516. The number of ether oxygens (including phenoxy) is 1. The molecule has 1 aromatic carbocycles. The third-order valence-corrected chi connectivity index (χ3v) is 3.72. The van der Waals surface area contributed by atoms with Gasteiger partial charge in [-0.2, -0.15) is 0 Å². The molecule has 0 aliphatic heterocycles. The molecule has 5 nitrogen and oxygen atoms in total. The van der Waals surface area contributed by atoms with Crippen LogP contribution in [0.2, 0.25) is 5.02 Å². The van der Waals surface area contributed by atoms with Crippen LogP contribution in [-0.2, 0) is 4.79 Å². The first-order valence-electron chi connectivity index (χ1n) is 6.25. The van der Waals surface area contributed by atoms with Crippen molar-refractivity contribution in [2.24, 2.45) is 0 Å². The summed E-state index contributed by atoms with van der Waals surface area (Å²) in [5.74, 6) is -0.592. The highest BCUT2D eigenvalue weighted by Crippen LogP contribution is 2.22. The number of carbonyl (C=O) groups is 2. The number of nitrogens with one attached hydrogen (secondary N) is 2. The van der Waals surface area contributed by atoms with Gasteiger partial charge < -0.3 is 4.74 Å². The second-order valence-electron chi connectivity index (χ2n) is 4.14. The number of halogens is 1. The van der Waals surface area contributed by atoms with Gasteiger partial charge in [0.15, 0.2) is 0 Å². The zero-order valence-electron chi connectivity index (χ0n) is 11.6. The molecule has 2 amide bonds. The normalized spacial score (nSPS) is 10.5. The summed E-state index contributed by atoms with van der Waals surface area (Å²) >= 11 is 7.36. The van der Waals surface area contributed by atoms with Crippen molar-refractivity contribution in [1.29, 1.82) is 0 Å². The first kappa shape index (κ1) is 16.1. The first-order valence-corrected chi connectivity index (χ1v) is 7.51. The molecule has 2 N–H and O–H groups in total. The van der Waals surface area contributed by atoms with E-state index in [-0.39, 0.29) is 5.56 Å². The largest absolute Gasteiger partial charge is 0.496 e. The van der Waals surface area contributed by atoms with Gasteiger partial charge in [0.2, 0.25) is 0 Å². The van der Waals surface area contributed by atoms with E-state index in [0.717, 1.165) is 4.88 Å². The molecule has 0 saturated carbocycles. The summed E-state index contributed by atoms with van der Waals surface area (Å²) in [6, 6.07) is 8.41. The lowest BCUT2D eigenvalue weighted by molar-refractivity contribution is -0.117. The van der Waals surface area contributed by atoms with Crippen LogP contribution in [0, 0.1) is 0 Å². The van der Waals surface area contributed by atoms with Crippen molar-refractivity contribution in [2.45, 2.75) is 0 Å². The molecule has 0 saturated heterocycles. The van der Waals surface area contributed by atoms with E-state index in [2.05, 4.69) is 10.9 Å². The standard InChI is InChI=1S/C15H13ClN2O3S/c1-21-13-6-4-10(16)9-12(13)15(20)18-17-14(19)7-5-11-3-2-8-22-11/h2-9H,1H3,(H,17,19)(H,18,20). The lowest BCUT2D eigenvalue weighted by Gasteiger charge is -2.09. The average molecular weight is 337 g/mol. The summed E-state index contributed by atoms with van der Waals surface area (Å²) < 4.78 is 5.08. The molecule has 0 aliphatic carbocycles. The maximum absolute atomic E-state index is 12.0. The zero-order valence-corrected chi connectivity index (χ0v) is 13.2. The molecule has 2 rings (SSSR count). The summed E-state index contributed by atoms with van der Waals surface area (Å²) in [6.45, 7) is 0. The lowest BCUT2D eigenvalue weighted by atomic mass is 10.2. The van der Waals surface area contributed by atoms with Crippen LogP contribution in [0.15, 0.2) is 41.8 Å². The van der Waals surface area contributed by atoms with Crippen LogP contribution in [0.25, 0.3) is 6.08 Å². The lowest BCUT2D eigenvalue weighted by Crippen LogP contribution is -2.40. The van der Waals surface area contributed by atoms with E-state index in [4.69, 9.17) is 16.3 Å². The molecule has 1 aromatic heterocycles. The monoisotopic (exact) mass is 336 g/mol. The van der Waals surface area contributed by atoms with Gasteiger partial charge >= 0.3 is 0 Å². The minimum Gasteiger partial charge on any atom is -0.496 e. The van der Waals surface area contributed by atoms with Gasteiger partial charge in [-0.1, -0.05) is 17.7 Å². The fourth-order valence-electron chi connectivity index (χ4n) is 1.63. The number of amides is 2. The average Bonchev–Trinajstić information content (AvgIpc) is 3.04. The number of carbonyl (C=O) groups excluding carboxylic acids is 2. The molecule has 2 aromatic rings. The van der Waals surface area contributed by atoms with Crippen LogP contribution < -0.4 is 15.6 Å². The summed E-state index contributed by atoms with van der Waals surface area (Å²) in [7, 11) is 1.45. The molecule has 0 radical (unpaired) electrons. The SMILES string of the molecule is COc1ccc(Cl)cc1C(=O)NNC(=O)C=Cc1cccs1. The highest BCUT2D eigenvalue weighted by molar-refractivity contribution is 7.10. The maximum atomic E-state index is 12.0. The van der Waals surface area contributed by atoms with Gasteiger partial charge in [-0.25, -0.2) is 0 Å². The van der Waals surface area contributed by atoms with Crippen molar-refractivity contribution < 1.29 is 14.3 Å². The van der Waals surface area contributed by atoms with Crippen LogP contribution >= 0.6 is 22.9 Å². The van der Waals surface area contributed by atoms with Crippen molar-refractivity contribution in [3.05, 3.63) is 57.3 Å². The molecule has 0 aliphatic rings. The van der Waals surface area contributed by atoms with E-state index in [9.17, 15) is 9.59 Å². The number of hydrazine groups is 1. The number of thiophene rings is 1. The van der Waals surface area contributed by atoms with Crippen molar-refractivity contribution in [3.63, 3.8) is 0 Å². The second kappa shape index (κ2) is 7.63. The molecule has 0 spiro atoms. The Morgan fingerprint density at radius 3 is 2.77 bits per heavy atom. The Kier molecular flexibility index (Phi) is 5.57. The van der Waals surface area contributed by atoms with E-state index in [1.165, 1.54) is 30.6 Å². The summed E-state index contributed by atoms with van der Waals surface area (Å²) in [5.41, 5.74) is 4.83. The number of hydrogen-bond donors (Lipinski definition) is 2. The number of benzene rings is 1. The second-order valence-corrected chi connectivity index (χ2v) is 5.55. The van der Waals surface area contributed by atoms with E-state index in [1.54, 1.807) is 18.2 Å². The smallest absolute Gasteiger partial charge is 0.273 e. The van der Waals surface area contributed by atoms with Gasteiger partial charge in [0.25, 0.3) is 11.8 Å². The van der Waals surface area contributed by atoms with Gasteiger partial charge in [0.05, 0.1) is 12.7 Å². The summed E-state index contributed by atoms with van der Waals surface area (Å²) in [6.07, 6.45) is 2.99. The third-order valence-electron chi connectivity index (χ3n) is 2.65. The van der Waals surface area contributed by atoms with Gasteiger partial charge in [0.1, 0.15) is 5.75 Å². The van der Waals surface area contributed by atoms with Gasteiger partial charge in [-0.3, -0.25) is 20.4 Å². The summed E-state index contributed by atoms with van der Waals surface area (Å²) in [4.78, 5) is 24.6. The van der Waals surface area contributed by atoms with Crippen LogP contribution in [-0.4, -0.2) is 18.9 Å². The highest BCUT2D eigenvalue weighted by Gasteiger charge is 2.13. The van der Waals surface area contributed by atoms with E-state index in [0.29, 0.717) is 10.8 Å². The quantitative estimate of drug-likeness (QED) is 0.666. The van der Waals surface area contributed by atoms with Gasteiger partial charge in [0, 0.05) is 16.0 Å². The first-order chi connectivity index (χ1) is 10.6. The van der Waals surface area contributed by atoms with Crippen molar-refractivity contribution in [1.82, 2.24) is 10.9 Å². The van der Waals surface area contributed by atoms with Gasteiger partial charge in [-0.15, -0.1) is 11.3 Å². The van der Waals surface area contributed by atoms with Crippen LogP contribution in [0.1, 0.15) is 15.2 Å².